The Morgan fingerprint density at radius 3 is 2.47 bits per heavy atom. The third-order valence-electron chi connectivity index (χ3n) is 8.30. The minimum Gasteiger partial charge on any atom is -0.508 e. The molecule has 0 aliphatic heterocycles. The van der Waals surface area contributed by atoms with Crippen LogP contribution in [0, 0.1) is 30.6 Å². The number of phenolic OH excluding ortho intramolecular Hbond substituents is 1. The number of aromatic hydroxyl groups is 1. The van der Waals surface area contributed by atoms with Crippen LogP contribution in [0.4, 0.5) is 23.7 Å². The Bertz CT molecular complexity index is 1460. The van der Waals surface area contributed by atoms with E-state index in [2.05, 4.69) is 5.32 Å². The van der Waals surface area contributed by atoms with E-state index in [1.807, 2.05) is 39.0 Å². The van der Waals surface area contributed by atoms with Gasteiger partial charge in [-0.05, 0) is 86.6 Å². The molecular formula is C32H38F3N5O3. The molecule has 0 aromatic heterocycles. The molecule has 1 unspecified atom stereocenters. The number of carbonyl (C=O) groups is 2. The molecule has 2 aromatic rings. The zero-order chi connectivity index (χ0) is 31.5. The molecule has 0 saturated heterocycles. The van der Waals surface area contributed by atoms with E-state index in [-0.39, 0.29) is 29.6 Å². The molecule has 4 rings (SSSR count). The molecule has 1 atom stereocenters. The second-order valence-corrected chi connectivity index (χ2v) is 11.7. The molecule has 2 aliphatic carbocycles. The molecule has 0 spiro atoms. The fourth-order valence-corrected chi connectivity index (χ4v) is 5.32. The summed E-state index contributed by atoms with van der Waals surface area (Å²) < 4.78 is 39.2. The standard InChI is InChI=1S/C32H38F3N5O3/c1-19-5-4-6-26(20(19)2)39-27-17-31(3,28(42)21-7-8-21)14-13-24(27)25(36)18-38-30(43)40(16-15-32(33,34)35)29(37)22-9-11-23(41)12-10-22/h4-6,9-12,21,37,41H,7-8,13-18,36H2,1-3H3,(H,38,43)/b25-24-,37-29?,39-27?. The number of hydrogen-bond acceptors (Lipinski definition) is 6. The van der Waals surface area contributed by atoms with E-state index in [1.54, 1.807) is 0 Å². The van der Waals surface area contributed by atoms with Crippen LogP contribution in [0.3, 0.4) is 0 Å². The molecule has 2 amide bonds. The van der Waals surface area contributed by atoms with Crippen molar-refractivity contribution in [1.29, 1.82) is 5.41 Å². The maximum atomic E-state index is 13.2. The molecule has 2 fully saturated rings. The highest BCUT2D eigenvalue weighted by atomic mass is 19.4. The largest absolute Gasteiger partial charge is 0.508 e. The Morgan fingerprint density at radius 2 is 1.84 bits per heavy atom. The van der Waals surface area contributed by atoms with E-state index >= 15 is 0 Å². The first kappa shape index (κ1) is 31.8. The maximum Gasteiger partial charge on any atom is 0.390 e. The molecular weight excluding hydrogens is 559 g/mol. The summed E-state index contributed by atoms with van der Waals surface area (Å²) in [6, 6.07) is 10.1. The number of aryl methyl sites for hydroxylation is 1. The van der Waals surface area contributed by atoms with Crippen molar-refractivity contribution in [2.45, 2.75) is 65.5 Å². The van der Waals surface area contributed by atoms with Gasteiger partial charge in [-0.2, -0.15) is 13.2 Å². The maximum absolute atomic E-state index is 13.2. The monoisotopic (exact) mass is 597 g/mol. The molecule has 5 N–H and O–H groups in total. The van der Waals surface area contributed by atoms with Gasteiger partial charge in [0.15, 0.2) is 0 Å². The quantitative estimate of drug-likeness (QED) is 0.206. The first-order valence-electron chi connectivity index (χ1n) is 14.3. The Labute approximate surface area is 249 Å². The van der Waals surface area contributed by atoms with E-state index in [0.29, 0.717) is 41.1 Å². The van der Waals surface area contributed by atoms with Crippen LogP contribution in [-0.4, -0.2) is 52.6 Å². The zero-order valence-electron chi connectivity index (χ0n) is 24.6. The lowest BCUT2D eigenvalue weighted by atomic mass is 9.68. The summed E-state index contributed by atoms with van der Waals surface area (Å²) in [5, 5.41) is 20.5. The van der Waals surface area contributed by atoms with Crippen LogP contribution in [0.2, 0.25) is 0 Å². The second-order valence-electron chi connectivity index (χ2n) is 11.7. The van der Waals surface area contributed by atoms with E-state index in [1.165, 1.54) is 24.3 Å². The van der Waals surface area contributed by atoms with Gasteiger partial charge in [-0.25, -0.2) is 4.79 Å². The molecule has 0 radical (unpaired) electrons. The number of carbonyl (C=O) groups excluding carboxylic acids is 2. The Morgan fingerprint density at radius 1 is 1.16 bits per heavy atom. The van der Waals surface area contributed by atoms with Crippen LogP contribution in [0.5, 0.6) is 5.75 Å². The van der Waals surface area contributed by atoms with Crippen molar-refractivity contribution < 1.29 is 27.9 Å². The van der Waals surface area contributed by atoms with Gasteiger partial charge in [0.2, 0.25) is 0 Å². The van der Waals surface area contributed by atoms with Crippen molar-refractivity contribution >= 4 is 29.0 Å². The molecule has 2 saturated carbocycles. The van der Waals surface area contributed by atoms with Gasteiger partial charge in [0, 0.05) is 41.3 Å². The molecule has 8 nitrogen and oxygen atoms in total. The molecule has 2 aliphatic rings. The first-order chi connectivity index (χ1) is 20.2. The van der Waals surface area contributed by atoms with Gasteiger partial charge in [0.25, 0.3) is 0 Å². The van der Waals surface area contributed by atoms with E-state index in [0.717, 1.165) is 29.7 Å². The highest BCUT2D eigenvalue weighted by Gasteiger charge is 2.45. The smallest absolute Gasteiger partial charge is 0.390 e. The summed E-state index contributed by atoms with van der Waals surface area (Å²) in [5.74, 6) is -0.207. The number of urea groups is 1. The minimum absolute atomic E-state index is 0.0806. The number of ketones is 1. The van der Waals surface area contributed by atoms with Gasteiger partial charge in [0.1, 0.15) is 17.4 Å². The number of aliphatic imine (C=N–C) groups is 1. The molecule has 0 bridgehead atoms. The number of nitrogens with zero attached hydrogens (tertiary/aromatic N) is 2. The predicted octanol–water partition coefficient (Wildman–Crippen LogP) is 6.45. The van der Waals surface area contributed by atoms with E-state index < -0.39 is 36.4 Å². The zero-order valence-corrected chi connectivity index (χ0v) is 24.6. The third-order valence-corrected chi connectivity index (χ3v) is 8.30. The average molecular weight is 598 g/mol. The highest BCUT2D eigenvalue weighted by Crippen LogP contribution is 2.46. The van der Waals surface area contributed by atoms with Crippen LogP contribution in [0.1, 0.15) is 62.1 Å². The Kier molecular flexibility index (Phi) is 9.32. The van der Waals surface area contributed by atoms with Crippen LogP contribution in [0.15, 0.2) is 58.7 Å². The lowest BCUT2D eigenvalue weighted by molar-refractivity contribution is -0.135. The highest BCUT2D eigenvalue weighted by molar-refractivity contribution is 6.07. The van der Waals surface area contributed by atoms with Gasteiger partial charge in [-0.15, -0.1) is 0 Å². The van der Waals surface area contributed by atoms with Crippen LogP contribution in [0.25, 0.3) is 0 Å². The molecule has 230 valence electrons. The average Bonchev–Trinajstić information content (AvgIpc) is 3.79. The molecule has 2 aromatic carbocycles. The molecule has 11 heteroatoms. The summed E-state index contributed by atoms with van der Waals surface area (Å²) in [6.07, 6.45) is -2.62. The van der Waals surface area contributed by atoms with Crippen molar-refractivity contribution in [3.05, 3.63) is 70.4 Å². The summed E-state index contributed by atoms with van der Waals surface area (Å²) in [5.41, 5.74) is 10.6. The van der Waals surface area contributed by atoms with Crippen LogP contribution >= 0.6 is 0 Å². The SMILES string of the molecule is Cc1cccc(N=C2CC(C)(C(=O)C3CC3)CC/C2=C(/N)CNC(=O)N(CCC(F)(F)F)C(=N)c2ccc(O)cc2)c1C. The predicted molar refractivity (Wildman–Crippen MR) is 160 cm³/mol. The normalized spacial score (nSPS) is 20.9. The number of phenols is 1. The third kappa shape index (κ3) is 7.82. The van der Waals surface area contributed by atoms with Crippen molar-refractivity contribution in [3.8, 4) is 5.75 Å². The topological polar surface area (TPSA) is 132 Å². The summed E-state index contributed by atoms with van der Waals surface area (Å²) in [4.78, 5) is 32.0. The van der Waals surface area contributed by atoms with Crippen LogP contribution < -0.4 is 11.1 Å². The van der Waals surface area contributed by atoms with Crippen molar-refractivity contribution in [2.75, 3.05) is 13.1 Å². The van der Waals surface area contributed by atoms with Gasteiger partial charge in [0.05, 0.1) is 18.7 Å². The number of halogens is 3. The van der Waals surface area contributed by atoms with Gasteiger partial charge in [-0.3, -0.25) is 20.1 Å². The number of rotatable bonds is 8. The number of hydrogen-bond donors (Lipinski definition) is 4. The minimum atomic E-state index is -4.54. The fourth-order valence-electron chi connectivity index (χ4n) is 5.32. The van der Waals surface area contributed by atoms with Gasteiger partial charge >= 0.3 is 12.2 Å². The summed E-state index contributed by atoms with van der Waals surface area (Å²) in [7, 11) is 0. The lowest BCUT2D eigenvalue weighted by Gasteiger charge is -2.35. The number of Topliss-reactive ketones (excluding diaryl/α,β-unsaturated/α-hetero) is 1. The number of alkyl halides is 3. The summed E-state index contributed by atoms with van der Waals surface area (Å²) >= 11 is 0. The van der Waals surface area contributed by atoms with Crippen LogP contribution in [-0.2, 0) is 4.79 Å². The first-order valence-corrected chi connectivity index (χ1v) is 14.3. The second kappa shape index (κ2) is 12.6. The lowest BCUT2D eigenvalue weighted by Crippen LogP contribution is -2.46. The number of nitrogens with one attached hydrogen (secondary N) is 2. The Hall–Kier alpha value is -4.15. The molecule has 43 heavy (non-hydrogen) atoms. The van der Waals surface area contributed by atoms with Crippen molar-refractivity contribution in [1.82, 2.24) is 10.2 Å². The number of amides is 2. The van der Waals surface area contributed by atoms with Gasteiger partial charge in [-0.1, -0.05) is 19.1 Å². The summed E-state index contributed by atoms with van der Waals surface area (Å²) in [6.45, 7) is 4.97. The number of nitrogens with two attached hydrogens (primary N) is 1. The van der Waals surface area contributed by atoms with E-state index in [4.69, 9.17) is 16.1 Å². The molecule has 0 heterocycles. The fraction of sp³-hybridized carbons (Fsp3) is 0.438. The van der Waals surface area contributed by atoms with E-state index in [9.17, 15) is 27.9 Å². The Balaban J connectivity index is 1.59. The number of amidine groups is 1. The number of benzene rings is 2. The number of allylic oxidation sites excluding steroid dienone is 1. The van der Waals surface area contributed by atoms with Crippen molar-refractivity contribution in [2.24, 2.45) is 22.1 Å². The van der Waals surface area contributed by atoms with Crippen molar-refractivity contribution in [3.63, 3.8) is 0 Å². The van der Waals surface area contributed by atoms with Gasteiger partial charge < -0.3 is 16.2 Å².